The van der Waals surface area contributed by atoms with Crippen LogP contribution in [0.15, 0.2) is 77.7 Å². The van der Waals surface area contributed by atoms with Crippen molar-refractivity contribution in [3.8, 4) is 22.7 Å². The molecule has 2 atom stereocenters. The number of hydrogen-bond acceptors (Lipinski definition) is 7. The van der Waals surface area contributed by atoms with Gasteiger partial charge in [0, 0.05) is 51.7 Å². The second kappa shape index (κ2) is 16.7. The highest BCUT2D eigenvalue weighted by atomic mass is 32.9. The average Bonchev–Trinajstić information content (AvgIpc) is 3.38. The molecule has 0 aliphatic carbocycles. The molecule has 3 aromatic carbocycles. The molecule has 1 aliphatic heterocycles. The van der Waals surface area contributed by atoms with Crippen LogP contribution in [0, 0.1) is 12.7 Å². The van der Waals surface area contributed by atoms with Crippen LogP contribution in [-0.2, 0) is 43.3 Å². The van der Waals surface area contributed by atoms with Crippen LogP contribution >= 0.6 is 17.6 Å². The molecule has 0 N–H and O–H groups in total. The molecule has 13 heteroatoms. The lowest BCUT2D eigenvalue weighted by atomic mass is 10.0. The Bertz CT molecular complexity index is 1870. The van der Waals surface area contributed by atoms with Crippen molar-refractivity contribution in [1.29, 1.82) is 0 Å². The van der Waals surface area contributed by atoms with Gasteiger partial charge in [0.05, 0.1) is 42.9 Å². The summed E-state index contributed by atoms with van der Waals surface area (Å²) in [5, 5.41) is -1.48. The van der Waals surface area contributed by atoms with E-state index >= 15 is 0 Å². The first-order chi connectivity index (χ1) is 23.5. The number of benzene rings is 3. The predicted octanol–water partition coefficient (Wildman–Crippen LogP) is 7.02. The molecule has 0 bridgehead atoms. The molecule has 0 radical (unpaired) electrons. The molecule has 1 fully saturated rings. The molecule has 0 spiro atoms. The van der Waals surface area contributed by atoms with Crippen molar-refractivity contribution in [1.82, 2.24) is 9.24 Å². The Morgan fingerprint density at radius 3 is 2.37 bits per heavy atom. The van der Waals surface area contributed by atoms with E-state index in [2.05, 4.69) is 11.6 Å². The van der Waals surface area contributed by atoms with Gasteiger partial charge in [0.2, 0.25) is 0 Å². The molecule has 0 amide bonds. The van der Waals surface area contributed by atoms with Crippen molar-refractivity contribution in [2.45, 2.75) is 44.4 Å². The van der Waals surface area contributed by atoms with Gasteiger partial charge in [-0.1, -0.05) is 49.8 Å². The number of hydrogen-bond donors (Lipinski definition) is 1. The van der Waals surface area contributed by atoms with Crippen molar-refractivity contribution in [2.24, 2.45) is 0 Å². The maximum Gasteiger partial charge on any atom is 0.346 e. The summed E-state index contributed by atoms with van der Waals surface area (Å²) >= 11 is 10.8. The molecule has 1 aliphatic rings. The minimum Gasteiger partial charge on any atom is -0.465 e. The first-order valence-electron chi connectivity index (χ1n) is 16.1. The van der Waals surface area contributed by atoms with Crippen molar-refractivity contribution < 1.29 is 32.4 Å². The highest BCUT2D eigenvalue weighted by Crippen LogP contribution is 2.53. The number of carbonyl (C=O) groups excluding carboxylic acids is 2. The zero-order valence-corrected chi connectivity index (χ0v) is 31.1. The third-order valence-electron chi connectivity index (χ3n) is 8.35. The summed E-state index contributed by atoms with van der Waals surface area (Å²) < 4.78 is 47.8. The predicted molar refractivity (Wildman–Crippen MR) is 199 cm³/mol. The lowest BCUT2D eigenvalue weighted by Gasteiger charge is -2.34. The van der Waals surface area contributed by atoms with Gasteiger partial charge < -0.3 is 18.8 Å². The maximum atomic E-state index is 14.6. The summed E-state index contributed by atoms with van der Waals surface area (Å²) in [7, 11) is -1.23. The topological polar surface area (TPSA) is 87.1 Å². The first kappa shape index (κ1) is 37.1. The van der Waals surface area contributed by atoms with Crippen LogP contribution in [0.5, 0.6) is 5.75 Å². The van der Waals surface area contributed by atoms with Gasteiger partial charge in [-0.25, -0.2) is 9.18 Å². The summed E-state index contributed by atoms with van der Waals surface area (Å²) in [6.07, 6.45) is 4.03. The fourth-order valence-electron chi connectivity index (χ4n) is 5.78. The van der Waals surface area contributed by atoms with E-state index in [4.69, 9.17) is 38.3 Å². The molecule has 1 aromatic heterocycles. The molecule has 4 aromatic rings. The van der Waals surface area contributed by atoms with Crippen LogP contribution in [0.2, 0.25) is 0 Å². The number of aromatic nitrogens is 1. The molecule has 2 unspecified atom stereocenters. The van der Waals surface area contributed by atoms with Crippen LogP contribution in [0.25, 0.3) is 16.9 Å². The van der Waals surface area contributed by atoms with Crippen LogP contribution in [-0.4, -0.2) is 64.6 Å². The SMILES string of the molecule is CCCCCOC(=O)Cc1c(C(=O)Oc2ccc(P(=S)(S)N3CCOCC3)cc2)c(-c2ccc(S(C)=O)cc2)n(-c2cccc(F)c2)c1C. The van der Waals surface area contributed by atoms with E-state index in [1.165, 1.54) is 12.1 Å². The average molecular weight is 743 g/mol. The summed E-state index contributed by atoms with van der Waals surface area (Å²) in [5.41, 5.74) is 2.56. The summed E-state index contributed by atoms with van der Waals surface area (Å²) in [6, 6.07) is 20.0. The maximum absolute atomic E-state index is 14.6. The van der Waals surface area contributed by atoms with Crippen LogP contribution in [0.3, 0.4) is 0 Å². The molecule has 5 rings (SSSR count). The third kappa shape index (κ3) is 8.79. The second-order valence-electron chi connectivity index (χ2n) is 11.7. The monoisotopic (exact) mass is 742 g/mol. The zero-order valence-electron chi connectivity index (χ0n) is 27.7. The van der Waals surface area contributed by atoms with Gasteiger partial charge in [-0.05, 0) is 79.1 Å². The number of unbranched alkanes of at least 4 members (excludes halogenated alkanes) is 2. The van der Waals surface area contributed by atoms with Gasteiger partial charge in [-0.3, -0.25) is 13.7 Å². The molecule has 1 saturated heterocycles. The fraction of sp³-hybridized carbons (Fsp3) is 0.333. The van der Waals surface area contributed by atoms with Gasteiger partial charge in [0.1, 0.15) is 11.6 Å². The lowest BCUT2D eigenvalue weighted by molar-refractivity contribution is -0.142. The van der Waals surface area contributed by atoms with Gasteiger partial charge in [-0.2, -0.15) is 0 Å². The van der Waals surface area contributed by atoms with E-state index < -0.39 is 33.9 Å². The van der Waals surface area contributed by atoms with Crippen LogP contribution < -0.4 is 10.0 Å². The Hall–Kier alpha value is -3.12. The van der Waals surface area contributed by atoms with E-state index in [0.29, 0.717) is 59.4 Å². The summed E-state index contributed by atoms with van der Waals surface area (Å²) in [5.74, 6) is -1.36. The molecule has 2 heterocycles. The Kier molecular flexibility index (Phi) is 12.7. The smallest absolute Gasteiger partial charge is 0.346 e. The number of ether oxygens (including phenoxy) is 3. The van der Waals surface area contributed by atoms with Crippen LogP contribution in [0.4, 0.5) is 4.39 Å². The molecule has 49 heavy (non-hydrogen) atoms. The van der Waals surface area contributed by atoms with E-state index in [9.17, 15) is 18.2 Å². The van der Waals surface area contributed by atoms with E-state index in [-0.39, 0.29) is 24.3 Å². The number of carbonyl (C=O) groups is 2. The highest BCUT2D eigenvalue weighted by Gasteiger charge is 2.31. The number of esters is 2. The number of morpholine rings is 1. The van der Waals surface area contributed by atoms with Crippen molar-refractivity contribution >= 4 is 57.5 Å². The van der Waals surface area contributed by atoms with Gasteiger partial charge in [-0.15, -0.1) is 12.2 Å². The number of halogens is 1. The second-order valence-corrected chi connectivity index (χ2v) is 19.4. The quantitative estimate of drug-likeness (QED) is 0.0515. The minimum absolute atomic E-state index is 0.148. The molecule has 260 valence electrons. The molecule has 0 saturated carbocycles. The Balaban J connectivity index is 1.58. The molecular weight excluding hydrogens is 703 g/mol. The third-order valence-corrected chi connectivity index (χ3v) is 14.2. The normalized spacial score (nSPS) is 15.4. The first-order valence-corrected chi connectivity index (χ1v) is 21.6. The lowest BCUT2D eigenvalue weighted by Crippen LogP contribution is -2.35. The summed E-state index contributed by atoms with van der Waals surface area (Å²) in [6.45, 7) is 6.70. The minimum atomic E-state index is -2.34. The van der Waals surface area contributed by atoms with E-state index in [0.717, 1.165) is 24.6 Å². The molecular formula is C36H40FN2O6PS3. The zero-order chi connectivity index (χ0) is 35.1. The highest BCUT2D eigenvalue weighted by molar-refractivity contribution is 8.65. The van der Waals surface area contributed by atoms with Gasteiger partial charge >= 0.3 is 11.9 Å². The largest absolute Gasteiger partial charge is 0.465 e. The van der Waals surface area contributed by atoms with Gasteiger partial charge in [0.15, 0.2) is 0 Å². The Labute approximate surface area is 299 Å². The standard InChI is InChI=1S/C36H40FN2O6PS3/c1-4-5-6-20-44-33(40)24-32-25(2)39(28-9-7-8-27(37)23-28)35(26-10-16-31(17-11-26)49(3)42)34(32)36(41)45-29-12-14-30(15-13-29)46(47,48)38-18-21-43-22-19-38/h7-17,23H,4-6,18-22,24H2,1-3H3,(H,47,48). The van der Waals surface area contributed by atoms with Gasteiger partial charge in [0.25, 0.3) is 0 Å². The van der Waals surface area contributed by atoms with E-state index in [1.54, 1.807) is 66.3 Å². The van der Waals surface area contributed by atoms with Crippen molar-refractivity contribution in [3.05, 3.63) is 95.4 Å². The van der Waals surface area contributed by atoms with Crippen LogP contribution in [0.1, 0.15) is 47.8 Å². The Morgan fingerprint density at radius 2 is 1.73 bits per heavy atom. The molecule has 8 nitrogen and oxygen atoms in total. The number of nitrogens with zero attached hydrogens (tertiary/aromatic N) is 2. The van der Waals surface area contributed by atoms with Crippen molar-refractivity contribution in [3.63, 3.8) is 0 Å². The fourth-order valence-corrected chi connectivity index (χ4v) is 9.66. The van der Waals surface area contributed by atoms with Crippen molar-refractivity contribution in [2.75, 3.05) is 39.2 Å². The number of thiol groups is 1. The van der Waals surface area contributed by atoms with E-state index in [1.807, 2.05) is 12.1 Å². The summed E-state index contributed by atoms with van der Waals surface area (Å²) in [4.78, 5) is 28.1. The number of rotatable bonds is 13. The Morgan fingerprint density at radius 1 is 1.04 bits per heavy atom.